The highest BCUT2D eigenvalue weighted by atomic mass is 16.5. The van der Waals surface area contributed by atoms with Crippen LogP contribution < -0.4 is 4.57 Å². The molecule has 4 nitrogen and oxygen atoms in total. The summed E-state index contributed by atoms with van der Waals surface area (Å²) in [4.78, 5) is 11.6. The van der Waals surface area contributed by atoms with Gasteiger partial charge in [-0.05, 0) is 30.3 Å². The normalized spacial score (nSPS) is 10.5. The van der Waals surface area contributed by atoms with Crippen molar-refractivity contribution in [1.29, 1.82) is 0 Å². The average Bonchev–Trinajstić information content (AvgIpc) is 3.07. The lowest BCUT2D eigenvalue weighted by Crippen LogP contribution is -2.34. The Morgan fingerprint density at radius 1 is 1.09 bits per heavy atom. The number of carbonyl (C=O) groups excluding carboxylic acids is 1. The first-order valence-corrected chi connectivity index (χ1v) is 7.50. The third kappa shape index (κ3) is 3.86. The standard InChI is InChI=1S/C19H19N2O2/c1-23-19(22)18-8-4-6-16(12-18)13-21-11-5-7-17(15-21)14-20-9-2-3-10-20/h2-12,15H,13-14H2,1H3/q+1. The molecule has 3 aromatic rings. The van der Waals surface area contributed by atoms with Gasteiger partial charge in [-0.3, -0.25) is 0 Å². The van der Waals surface area contributed by atoms with E-state index >= 15 is 0 Å². The molecule has 0 aliphatic carbocycles. The molecule has 2 heterocycles. The number of methoxy groups -OCH3 is 1. The lowest BCUT2D eigenvalue weighted by atomic mass is 10.1. The van der Waals surface area contributed by atoms with Gasteiger partial charge in [-0.15, -0.1) is 0 Å². The van der Waals surface area contributed by atoms with Gasteiger partial charge >= 0.3 is 5.97 Å². The van der Waals surface area contributed by atoms with E-state index in [0.717, 1.165) is 12.1 Å². The van der Waals surface area contributed by atoms with Crippen molar-refractivity contribution in [1.82, 2.24) is 4.57 Å². The average molecular weight is 307 g/mol. The molecule has 0 saturated heterocycles. The zero-order valence-electron chi connectivity index (χ0n) is 13.1. The minimum absolute atomic E-state index is 0.307. The second-order valence-electron chi connectivity index (χ2n) is 5.43. The van der Waals surface area contributed by atoms with Gasteiger partial charge in [0.15, 0.2) is 18.9 Å². The van der Waals surface area contributed by atoms with Crippen molar-refractivity contribution in [3.8, 4) is 0 Å². The number of benzene rings is 1. The second-order valence-corrected chi connectivity index (χ2v) is 5.43. The molecule has 0 amide bonds. The van der Waals surface area contributed by atoms with Crippen molar-refractivity contribution in [3.63, 3.8) is 0 Å². The van der Waals surface area contributed by atoms with E-state index in [0.29, 0.717) is 12.1 Å². The Morgan fingerprint density at radius 3 is 2.65 bits per heavy atom. The van der Waals surface area contributed by atoms with Crippen LogP contribution in [-0.2, 0) is 17.8 Å². The number of hydrogen-bond acceptors (Lipinski definition) is 2. The summed E-state index contributed by atoms with van der Waals surface area (Å²) in [6.07, 6.45) is 8.27. The SMILES string of the molecule is COC(=O)c1cccc(C[n+]2cccc(Cn3cccc3)c2)c1. The maximum Gasteiger partial charge on any atom is 0.337 e. The Morgan fingerprint density at radius 2 is 1.87 bits per heavy atom. The number of hydrogen-bond donors (Lipinski definition) is 0. The van der Waals surface area contributed by atoms with E-state index in [-0.39, 0.29) is 5.97 Å². The number of carbonyl (C=O) groups is 1. The van der Waals surface area contributed by atoms with Gasteiger partial charge in [0.2, 0.25) is 0 Å². The van der Waals surface area contributed by atoms with Crippen molar-refractivity contribution in [2.75, 3.05) is 7.11 Å². The third-order valence-corrected chi connectivity index (χ3v) is 3.66. The fourth-order valence-corrected chi connectivity index (χ4v) is 2.58. The van der Waals surface area contributed by atoms with Gasteiger partial charge < -0.3 is 9.30 Å². The summed E-state index contributed by atoms with van der Waals surface area (Å²) >= 11 is 0. The van der Waals surface area contributed by atoms with Gasteiger partial charge in [0.25, 0.3) is 0 Å². The minimum Gasteiger partial charge on any atom is -0.465 e. The van der Waals surface area contributed by atoms with Gasteiger partial charge in [0, 0.05) is 29.6 Å². The lowest BCUT2D eigenvalue weighted by Gasteiger charge is -2.04. The predicted octanol–water partition coefficient (Wildman–Crippen LogP) is 2.66. The Bertz CT molecular complexity index is 795. The van der Waals surface area contributed by atoms with E-state index in [4.69, 9.17) is 4.74 Å². The highest BCUT2D eigenvalue weighted by Crippen LogP contribution is 2.07. The van der Waals surface area contributed by atoms with Crippen LogP contribution in [0, 0.1) is 0 Å². The number of ether oxygens (including phenoxy) is 1. The largest absolute Gasteiger partial charge is 0.465 e. The first kappa shape index (κ1) is 15.0. The number of esters is 1. The molecule has 23 heavy (non-hydrogen) atoms. The molecule has 0 radical (unpaired) electrons. The molecule has 0 N–H and O–H groups in total. The van der Waals surface area contributed by atoms with Crippen molar-refractivity contribution in [2.45, 2.75) is 13.1 Å². The number of aromatic nitrogens is 2. The fourth-order valence-electron chi connectivity index (χ4n) is 2.58. The molecule has 0 spiro atoms. The Hall–Kier alpha value is -2.88. The smallest absolute Gasteiger partial charge is 0.337 e. The molecular weight excluding hydrogens is 288 g/mol. The third-order valence-electron chi connectivity index (χ3n) is 3.66. The van der Waals surface area contributed by atoms with E-state index in [1.165, 1.54) is 12.7 Å². The van der Waals surface area contributed by atoms with Crippen LogP contribution in [0.1, 0.15) is 21.5 Å². The Kier molecular flexibility index (Phi) is 4.52. The Labute approximate surface area is 135 Å². The number of pyridine rings is 1. The molecule has 0 bridgehead atoms. The van der Waals surface area contributed by atoms with Gasteiger partial charge in [-0.25, -0.2) is 9.36 Å². The molecule has 0 aliphatic heterocycles. The Balaban J connectivity index is 1.76. The van der Waals surface area contributed by atoms with Crippen molar-refractivity contribution in [2.24, 2.45) is 0 Å². The van der Waals surface area contributed by atoms with Gasteiger partial charge in [-0.1, -0.05) is 12.1 Å². The fraction of sp³-hybridized carbons (Fsp3) is 0.158. The van der Waals surface area contributed by atoms with Gasteiger partial charge in [0.1, 0.15) is 0 Å². The maximum atomic E-state index is 11.6. The number of rotatable bonds is 5. The highest BCUT2D eigenvalue weighted by Gasteiger charge is 2.09. The van der Waals surface area contributed by atoms with Gasteiger partial charge in [0.05, 0.1) is 19.2 Å². The number of nitrogens with zero attached hydrogens (tertiary/aromatic N) is 2. The summed E-state index contributed by atoms with van der Waals surface area (Å²) in [5, 5.41) is 0. The molecule has 0 saturated carbocycles. The predicted molar refractivity (Wildman–Crippen MR) is 87.1 cm³/mol. The van der Waals surface area contributed by atoms with Crippen LogP contribution in [0.5, 0.6) is 0 Å². The lowest BCUT2D eigenvalue weighted by molar-refractivity contribution is -0.688. The van der Waals surface area contributed by atoms with Crippen LogP contribution in [0.2, 0.25) is 0 Å². The van der Waals surface area contributed by atoms with Crippen LogP contribution in [0.25, 0.3) is 0 Å². The van der Waals surface area contributed by atoms with E-state index < -0.39 is 0 Å². The van der Waals surface area contributed by atoms with Crippen LogP contribution in [0.3, 0.4) is 0 Å². The molecule has 0 unspecified atom stereocenters. The second kappa shape index (κ2) is 6.92. The molecule has 2 aromatic heterocycles. The summed E-state index contributed by atoms with van der Waals surface area (Å²) in [6.45, 7) is 1.56. The van der Waals surface area contributed by atoms with Crippen LogP contribution >= 0.6 is 0 Å². The molecule has 0 aliphatic rings. The van der Waals surface area contributed by atoms with Crippen LogP contribution in [-0.4, -0.2) is 17.6 Å². The van der Waals surface area contributed by atoms with Crippen molar-refractivity contribution in [3.05, 3.63) is 90.0 Å². The highest BCUT2D eigenvalue weighted by molar-refractivity contribution is 5.89. The molecule has 0 atom stereocenters. The van der Waals surface area contributed by atoms with E-state index in [9.17, 15) is 4.79 Å². The van der Waals surface area contributed by atoms with E-state index in [2.05, 4.69) is 33.8 Å². The first-order valence-electron chi connectivity index (χ1n) is 7.50. The molecule has 0 fully saturated rings. The summed E-state index contributed by atoms with van der Waals surface area (Å²) < 4.78 is 9.03. The van der Waals surface area contributed by atoms with E-state index in [1.54, 1.807) is 6.07 Å². The summed E-state index contributed by atoms with van der Waals surface area (Å²) in [5.74, 6) is -0.307. The van der Waals surface area contributed by atoms with Crippen molar-refractivity contribution < 1.29 is 14.1 Å². The molecule has 3 rings (SSSR count). The van der Waals surface area contributed by atoms with Crippen molar-refractivity contribution >= 4 is 5.97 Å². The minimum atomic E-state index is -0.307. The zero-order valence-corrected chi connectivity index (χ0v) is 13.1. The first-order chi connectivity index (χ1) is 11.2. The molecule has 4 heteroatoms. The molecule has 116 valence electrons. The molecular formula is C19H19N2O2+. The van der Waals surface area contributed by atoms with Crippen LogP contribution in [0.4, 0.5) is 0 Å². The summed E-state index contributed by atoms with van der Waals surface area (Å²) in [5.41, 5.74) is 2.87. The van der Waals surface area contributed by atoms with Gasteiger partial charge in [-0.2, -0.15) is 0 Å². The monoisotopic (exact) mass is 307 g/mol. The molecule has 1 aromatic carbocycles. The topological polar surface area (TPSA) is 35.1 Å². The quantitative estimate of drug-likeness (QED) is 0.536. The zero-order chi connectivity index (χ0) is 16.1. The van der Waals surface area contributed by atoms with Crippen LogP contribution in [0.15, 0.2) is 73.3 Å². The maximum absolute atomic E-state index is 11.6. The van der Waals surface area contributed by atoms with E-state index in [1.807, 2.05) is 42.6 Å². The summed E-state index contributed by atoms with van der Waals surface area (Å²) in [7, 11) is 1.40. The summed E-state index contributed by atoms with van der Waals surface area (Å²) in [6, 6.07) is 15.7.